The number of nitrogens with one attached hydrogen (secondary N) is 1. The fourth-order valence-corrected chi connectivity index (χ4v) is 1.70. The van der Waals surface area contributed by atoms with Crippen LogP contribution >= 0.6 is 0 Å². The number of nitrogens with zero attached hydrogens (tertiary/aromatic N) is 1. The van der Waals surface area contributed by atoms with E-state index < -0.39 is 5.56 Å². The maximum absolute atomic E-state index is 12.2. The third kappa shape index (κ3) is 2.87. The molecule has 0 aliphatic rings. The molecule has 0 atom stereocenters. The summed E-state index contributed by atoms with van der Waals surface area (Å²) in [5, 5.41) is 9.60. The van der Waals surface area contributed by atoms with Gasteiger partial charge in [-0.05, 0) is 27.7 Å². The minimum absolute atomic E-state index is 0.112. The molecule has 0 spiro atoms. The molecule has 0 unspecified atom stereocenters. The molecule has 0 aliphatic heterocycles. The van der Waals surface area contributed by atoms with E-state index in [9.17, 15) is 14.7 Å². The van der Waals surface area contributed by atoms with Gasteiger partial charge in [0.2, 0.25) is 0 Å². The van der Waals surface area contributed by atoms with Gasteiger partial charge in [0.25, 0.3) is 11.5 Å². The van der Waals surface area contributed by atoms with Gasteiger partial charge in [0.1, 0.15) is 5.75 Å². The Morgan fingerprint density at radius 3 is 2.47 bits per heavy atom. The molecule has 1 amide bonds. The van der Waals surface area contributed by atoms with Crippen LogP contribution in [0.25, 0.3) is 0 Å². The molecule has 0 saturated heterocycles. The molecule has 1 rings (SSSR count). The molecule has 0 saturated carbocycles. The van der Waals surface area contributed by atoms with Crippen LogP contribution in [0.3, 0.4) is 0 Å². The molecule has 0 radical (unpaired) electrons. The topological polar surface area (TPSA) is 73.4 Å². The number of aromatic nitrogens is 1. The Hall–Kier alpha value is -1.78. The number of aromatic hydroxyl groups is 1. The van der Waals surface area contributed by atoms with Crippen LogP contribution < -0.4 is 5.56 Å². The average Bonchev–Trinajstić information content (AvgIpc) is 2.15. The maximum atomic E-state index is 12.2. The van der Waals surface area contributed by atoms with Gasteiger partial charge in [-0.1, -0.05) is 0 Å². The number of hydrogen-bond donors (Lipinski definition) is 2. The van der Waals surface area contributed by atoms with E-state index in [1.54, 1.807) is 4.90 Å². The lowest BCUT2D eigenvalue weighted by atomic mass is 10.0. The van der Waals surface area contributed by atoms with Gasteiger partial charge in [0.15, 0.2) is 0 Å². The Kier molecular flexibility index (Phi) is 3.60. The van der Waals surface area contributed by atoms with E-state index in [2.05, 4.69) is 4.98 Å². The minimum atomic E-state index is -0.433. The van der Waals surface area contributed by atoms with Gasteiger partial charge in [0, 0.05) is 24.3 Å². The summed E-state index contributed by atoms with van der Waals surface area (Å²) >= 11 is 0. The predicted molar refractivity (Wildman–Crippen MR) is 65.2 cm³/mol. The zero-order valence-corrected chi connectivity index (χ0v) is 10.6. The number of hydrogen-bond acceptors (Lipinski definition) is 3. The van der Waals surface area contributed by atoms with E-state index >= 15 is 0 Å². The monoisotopic (exact) mass is 238 g/mol. The summed E-state index contributed by atoms with van der Waals surface area (Å²) in [6, 6.07) is 1.00. The summed E-state index contributed by atoms with van der Waals surface area (Å²) in [6.07, 6.45) is 1.24. The normalized spacial score (nSPS) is 11.3. The van der Waals surface area contributed by atoms with Gasteiger partial charge < -0.3 is 15.0 Å². The molecule has 94 valence electrons. The first kappa shape index (κ1) is 13.3. The van der Waals surface area contributed by atoms with Crippen molar-refractivity contribution in [2.75, 3.05) is 6.54 Å². The predicted octanol–water partition coefficient (Wildman–Crippen LogP) is 1.34. The number of aromatic amines is 1. The molecule has 0 fully saturated rings. The van der Waals surface area contributed by atoms with E-state index in [4.69, 9.17) is 0 Å². The molecule has 1 aromatic heterocycles. The summed E-state index contributed by atoms with van der Waals surface area (Å²) < 4.78 is 0. The van der Waals surface area contributed by atoms with Crippen LogP contribution in [0, 0.1) is 0 Å². The summed E-state index contributed by atoms with van der Waals surface area (Å²) in [7, 11) is 0. The number of carbonyl (C=O) groups is 1. The first-order valence-electron chi connectivity index (χ1n) is 5.51. The van der Waals surface area contributed by atoms with Crippen molar-refractivity contribution in [3.8, 4) is 5.75 Å². The van der Waals surface area contributed by atoms with E-state index in [1.165, 1.54) is 6.20 Å². The van der Waals surface area contributed by atoms with E-state index in [0.29, 0.717) is 6.54 Å². The fraction of sp³-hybridized carbons (Fsp3) is 0.500. The second-order valence-electron chi connectivity index (χ2n) is 4.82. The molecule has 5 nitrogen and oxygen atoms in total. The van der Waals surface area contributed by atoms with Crippen LogP contribution in [-0.4, -0.2) is 33.0 Å². The van der Waals surface area contributed by atoms with Crippen molar-refractivity contribution >= 4 is 5.91 Å². The standard InChI is InChI=1S/C12H18N2O3/c1-5-14(12(2,3)4)11(17)8-7-13-10(16)6-9(8)15/h6-7H,5H2,1-4H3,(H2,13,15,16). The van der Waals surface area contributed by atoms with E-state index in [1.807, 2.05) is 27.7 Å². The molecular weight excluding hydrogens is 220 g/mol. The lowest BCUT2D eigenvalue weighted by Gasteiger charge is -2.34. The third-order valence-electron chi connectivity index (χ3n) is 2.50. The summed E-state index contributed by atoms with van der Waals surface area (Å²) in [5.41, 5.74) is -0.659. The molecule has 0 aliphatic carbocycles. The second-order valence-corrected chi connectivity index (χ2v) is 4.82. The Labute approximate surface area is 100 Å². The van der Waals surface area contributed by atoms with Crippen LogP contribution in [0.15, 0.2) is 17.1 Å². The highest BCUT2D eigenvalue weighted by Crippen LogP contribution is 2.20. The van der Waals surface area contributed by atoms with Gasteiger partial charge >= 0.3 is 0 Å². The highest BCUT2D eigenvalue weighted by atomic mass is 16.3. The van der Waals surface area contributed by atoms with Crippen molar-refractivity contribution in [2.45, 2.75) is 33.2 Å². The van der Waals surface area contributed by atoms with Crippen LogP contribution in [0.5, 0.6) is 5.75 Å². The third-order valence-corrected chi connectivity index (χ3v) is 2.50. The van der Waals surface area contributed by atoms with Crippen LogP contribution in [0.4, 0.5) is 0 Å². The average molecular weight is 238 g/mol. The zero-order chi connectivity index (χ0) is 13.2. The SMILES string of the molecule is CCN(C(=O)c1c[nH]c(=O)cc1O)C(C)(C)C. The first-order valence-corrected chi connectivity index (χ1v) is 5.51. The Morgan fingerprint density at radius 2 is 2.06 bits per heavy atom. The molecule has 5 heteroatoms. The van der Waals surface area contributed by atoms with Crippen molar-refractivity contribution in [1.82, 2.24) is 9.88 Å². The Balaban J connectivity index is 3.15. The lowest BCUT2D eigenvalue weighted by molar-refractivity contribution is 0.0595. The number of carbonyl (C=O) groups excluding carboxylic acids is 1. The molecule has 2 N–H and O–H groups in total. The molecule has 1 heterocycles. The van der Waals surface area contributed by atoms with E-state index in [0.717, 1.165) is 6.07 Å². The smallest absolute Gasteiger partial charge is 0.259 e. The van der Waals surface area contributed by atoms with Crippen LogP contribution in [-0.2, 0) is 0 Å². The molecule has 1 aromatic rings. The number of pyridine rings is 1. The van der Waals surface area contributed by atoms with Crippen LogP contribution in [0.1, 0.15) is 38.1 Å². The number of amides is 1. The fourth-order valence-electron chi connectivity index (χ4n) is 1.70. The molecule has 17 heavy (non-hydrogen) atoms. The van der Waals surface area contributed by atoms with Gasteiger partial charge in [-0.15, -0.1) is 0 Å². The van der Waals surface area contributed by atoms with Crippen molar-refractivity contribution in [3.05, 3.63) is 28.2 Å². The maximum Gasteiger partial charge on any atom is 0.259 e. The summed E-state index contributed by atoms with van der Waals surface area (Å²) in [4.78, 5) is 27.2. The summed E-state index contributed by atoms with van der Waals surface area (Å²) in [5.74, 6) is -0.588. The van der Waals surface area contributed by atoms with Gasteiger partial charge in [-0.25, -0.2) is 0 Å². The highest BCUT2D eigenvalue weighted by Gasteiger charge is 2.27. The van der Waals surface area contributed by atoms with Crippen molar-refractivity contribution in [1.29, 1.82) is 0 Å². The highest BCUT2D eigenvalue weighted by molar-refractivity contribution is 5.96. The van der Waals surface area contributed by atoms with Crippen molar-refractivity contribution in [2.24, 2.45) is 0 Å². The summed E-state index contributed by atoms with van der Waals surface area (Å²) in [6.45, 7) is 8.14. The van der Waals surface area contributed by atoms with Gasteiger partial charge in [-0.2, -0.15) is 0 Å². The first-order chi connectivity index (χ1) is 7.77. The van der Waals surface area contributed by atoms with Gasteiger partial charge in [0.05, 0.1) is 5.56 Å². The number of H-pyrrole nitrogens is 1. The zero-order valence-electron chi connectivity index (χ0n) is 10.6. The largest absolute Gasteiger partial charge is 0.507 e. The molecular formula is C12H18N2O3. The number of rotatable bonds is 2. The molecule has 0 bridgehead atoms. The van der Waals surface area contributed by atoms with Crippen LogP contribution in [0.2, 0.25) is 0 Å². The molecule has 0 aromatic carbocycles. The van der Waals surface area contributed by atoms with Crippen molar-refractivity contribution < 1.29 is 9.90 Å². The lowest BCUT2D eigenvalue weighted by Crippen LogP contribution is -2.45. The van der Waals surface area contributed by atoms with E-state index in [-0.39, 0.29) is 22.8 Å². The quantitative estimate of drug-likeness (QED) is 0.816. The van der Waals surface area contributed by atoms with Crippen molar-refractivity contribution in [3.63, 3.8) is 0 Å². The Morgan fingerprint density at radius 1 is 1.47 bits per heavy atom. The second kappa shape index (κ2) is 4.61. The minimum Gasteiger partial charge on any atom is -0.507 e. The Bertz CT molecular complexity index is 471. The van der Waals surface area contributed by atoms with Gasteiger partial charge in [-0.3, -0.25) is 9.59 Å².